The van der Waals surface area contributed by atoms with Gasteiger partial charge in [-0.2, -0.15) is 0 Å². The van der Waals surface area contributed by atoms with Gasteiger partial charge in [-0.3, -0.25) is 4.79 Å². The Labute approximate surface area is 545 Å². The van der Waals surface area contributed by atoms with Gasteiger partial charge >= 0.3 is 29.8 Å². The van der Waals surface area contributed by atoms with E-state index >= 15 is 24.0 Å². The number of esters is 5. The number of cyclic esters (lactones) is 1. The Balaban J connectivity index is 1.16. The Morgan fingerprint density at radius 1 is 0.384 bits per heavy atom. The van der Waals surface area contributed by atoms with Crippen molar-refractivity contribution in [1.82, 2.24) is 0 Å². The predicted octanol–water partition coefficient (Wildman–Crippen LogP) is 0.740. The van der Waals surface area contributed by atoms with E-state index in [1.165, 1.54) is 0 Å². The molecule has 516 valence electrons. The fraction of sp³-hybridized carbons (Fsp3) is 0.226. The number of carbonyl (C=O) groups is 6. The van der Waals surface area contributed by atoms with Gasteiger partial charge in [-0.25, -0.2) is 24.0 Å². The minimum atomic E-state index is -3.20. The highest BCUT2D eigenvalue weighted by atomic mass is 16.7. The summed E-state index contributed by atoms with van der Waals surface area (Å²) in [5.41, 5.74) is -20.0. The Hall–Kier alpha value is -12.7. The topological polar surface area (TPSA) is 642 Å². The summed E-state index contributed by atoms with van der Waals surface area (Å²) in [6.45, 7) is -2.82. The first kappa shape index (κ1) is 65.0. The second-order valence-electron chi connectivity index (χ2n) is 23.0. The van der Waals surface area contributed by atoms with Crippen molar-refractivity contribution in [2.24, 2.45) is 0 Å². The molecule has 0 radical (unpaired) electrons. The Bertz CT molecular complexity index is 4800. The fourth-order valence-corrected chi connectivity index (χ4v) is 12.9. The van der Waals surface area contributed by atoms with E-state index in [1.54, 1.807) is 0 Å². The van der Waals surface area contributed by atoms with Crippen LogP contribution in [0.4, 0.5) is 0 Å². The van der Waals surface area contributed by atoms with Gasteiger partial charge < -0.3 is 155 Å². The molecule has 0 unspecified atom stereocenters. The summed E-state index contributed by atoms with van der Waals surface area (Å²) in [5, 5.41) is 262. The molecule has 37 nitrogen and oxygen atoms in total. The van der Waals surface area contributed by atoms with Crippen LogP contribution in [0.25, 0.3) is 33.4 Å². The Kier molecular flexibility index (Phi) is 14.9. The van der Waals surface area contributed by atoms with E-state index in [2.05, 4.69) is 0 Å². The van der Waals surface area contributed by atoms with E-state index in [9.17, 15) is 122 Å². The molecule has 1 fully saturated rings. The van der Waals surface area contributed by atoms with E-state index < -0.39 is 321 Å². The number of hydrogen-bond acceptors (Lipinski definition) is 37. The number of Topliss-reactive ketones (excluding diaryl/α,β-unsaturated/α-hetero) is 1. The van der Waals surface area contributed by atoms with Crippen molar-refractivity contribution in [2.45, 2.75) is 73.2 Å². The zero-order valence-corrected chi connectivity index (χ0v) is 48.9. The van der Waals surface area contributed by atoms with Gasteiger partial charge in [0.2, 0.25) is 34.5 Å². The maximum atomic E-state index is 16.1. The molecule has 6 bridgehead atoms. The number of hydrogen-bond donors (Lipinski definition) is 23. The van der Waals surface area contributed by atoms with Crippen LogP contribution >= 0.6 is 0 Å². The minimum Gasteiger partial charge on any atom is -0.507 e. The quantitative estimate of drug-likeness (QED) is 0.0642. The second kappa shape index (κ2) is 22.7. The van der Waals surface area contributed by atoms with Crippen molar-refractivity contribution in [3.05, 3.63) is 92.5 Å². The second-order valence-corrected chi connectivity index (χ2v) is 23.0. The van der Waals surface area contributed by atoms with E-state index in [0.717, 1.165) is 18.2 Å². The Morgan fingerprint density at radius 2 is 0.869 bits per heavy atom. The monoisotopic (exact) mass is 1380 g/mol. The normalized spacial score (nSPS) is 24.5. The summed E-state index contributed by atoms with van der Waals surface area (Å²) in [7, 11) is 0. The van der Waals surface area contributed by atoms with Crippen molar-refractivity contribution in [3.8, 4) is 148 Å². The largest absolute Gasteiger partial charge is 0.507 e. The van der Waals surface area contributed by atoms with E-state index in [0.29, 0.717) is 12.1 Å². The van der Waals surface area contributed by atoms with Gasteiger partial charge in [0.05, 0.1) is 40.3 Å². The molecule has 7 aromatic carbocycles. The fourth-order valence-electron chi connectivity index (χ4n) is 12.9. The van der Waals surface area contributed by atoms with Gasteiger partial charge in [0, 0.05) is 50.6 Å². The lowest BCUT2D eigenvalue weighted by atomic mass is 9.73. The lowest BCUT2D eigenvalue weighted by Crippen LogP contribution is -2.60. The summed E-state index contributed by atoms with van der Waals surface area (Å²) >= 11 is 0. The van der Waals surface area contributed by atoms with Crippen molar-refractivity contribution < 1.29 is 184 Å². The van der Waals surface area contributed by atoms with Gasteiger partial charge in [-0.05, 0) is 35.9 Å². The third kappa shape index (κ3) is 9.38. The lowest BCUT2D eigenvalue weighted by molar-refractivity contribution is -0.311. The maximum absolute atomic E-state index is 16.1. The van der Waals surface area contributed by atoms with Crippen LogP contribution in [-0.2, 0) is 33.2 Å². The average molecular weight is 1380 g/mol. The number of rotatable bonds is 5. The summed E-state index contributed by atoms with van der Waals surface area (Å²) in [5.74, 6) is -45.7. The highest BCUT2D eigenvalue weighted by molar-refractivity contribution is 6.17. The van der Waals surface area contributed by atoms with Crippen LogP contribution in [0.2, 0.25) is 0 Å². The van der Waals surface area contributed by atoms with E-state index in [-0.39, 0.29) is 12.1 Å². The number of aliphatic hydroxyl groups is 4. The number of aliphatic hydroxyl groups excluding tert-OH is 4. The molecule has 0 saturated carbocycles. The molecule has 37 heteroatoms. The molecule has 99 heavy (non-hydrogen) atoms. The van der Waals surface area contributed by atoms with Gasteiger partial charge in [-0.1, -0.05) is 6.07 Å². The highest BCUT2D eigenvalue weighted by Gasteiger charge is 2.59. The molecule has 1 saturated heterocycles. The molecular weight excluding hydrogens is 1340 g/mol. The number of phenols is 19. The maximum Gasteiger partial charge on any atom is 0.340 e. The molecule has 7 aromatic rings. The van der Waals surface area contributed by atoms with Crippen molar-refractivity contribution in [1.29, 1.82) is 0 Å². The number of benzene rings is 7. The number of ketones is 1. The predicted molar refractivity (Wildman–Crippen MR) is 309 cm³/mol. The molecule has 0 aromatic heterocycles. The third-order valence-corrected chi connectivity index (χ3v) is 17.6. The van der Waals surface area contributed by atoms with Crippen LogP contribution in [0.5, 0.6) is 115 Å². The van der Waals surface area contributed by atoms with Crippen LogP contribution in [0, 0.1) is 0 Å². The van der Waals surface area contributed by atoms with Gasteiger partial charge in [0.1, 0.15) is 53.8 Å². The number of aromatic hydroxyl groups is 19. The number of carbonyl (C=O) groups excluding carboxylic acids is 6. The van der Waals surface area contributed by atoms with Crippen LogP contribution < -0.4 is 4.74 Å². The lowest BCUT2D eigenvalue weighted by Gasteiger charge is -2.44. The number of phenolic OH excluding ortho intramolecular Hbond substituents is 19. The average Bonchev–Trinajstić information content (AvgIpc) is 1.43. The highest BCUT2D eigenvalue weighted by Crippen LogP contribution is 2.65. The van der Waals surface area contributed by atoms with E-state index in [4.69, 9.17) is 37.9 Å². The van der Waals surface area contributed by atoms with Crippen LogP contribution in [0.15, 0.2) is 42.5 Å². The Morgan fingerprint density at radius 3 is 1.43 bits per heavy atom. The first-order chi connectivity index (χ1) is 46.7. The molecule has 0 aliphatic carbocycles. The first-order valence-corrected chi connectivity index (χ1v) is 28.5. The molecule has 14 rings (SSSR count). The molecule has 23 N–H and O–H groups in total. The van der Waals surface area contributed by atoms with Gasteiger partial charge in [-0.15, -0.1) is 0 Å². The summed E-state index contributed by atoms with van der Waals surface area (Å²) in [6, 6.07) is 3.60. The van der Waals surface area contributed by atoms with Crippen LogP contribution in [-0.4, -0.2) is 228 Å². The number of ether oxygens (including phenoxy) is 8. The van der Waals surface area contributed by atoms with Crippen LogP contribution in [0.1, 0.15) is 90.9 Å². The zero-order chi connectivity index (χ0) is 71.6. The van der Waals surface area contributed by atoms with Crippen molar-refractivity contribution in [3.63, 3.8) is 0 Å². The van der Waals surface area contributed by atoms with Crippen molar-refractivity contribution in [2.75, 3.05) is 13.2 Å². The summed E-state index contributed by atoms with van der Waals surface area (Å²) < 4.78 is 47.5. The van der Waals surface area contributed by atoms with Crippen molar-refractivity contribution >= 4 is 35.6 Å². The summed E-state index contributed by atoms with van der Waals surface area (Å²) in [6.07, 6.45) is -27.6. The smallest absolute Gasteiger partial charge is 0.340 e. The summed E-state index contributed by atoms with van der Waals surface area (Å²) in [4.78, 5) is 92.6. The molecule has 7 heterocycles. The first-order valence-electron chi connectivity index (χ1n) is 28.5. The molecule has 12 atom stereocenters. The molecule has 0 amide bonds. The zero-order valence-electron chi connectivity index (χ0n) is 48.9. The molecule has 7 aliphatic heterocycles. The third-order valence-electron chi connectivity index (χ3n) is 17.6. The minimum absolute atomic E-state index is 0.236. The standard InChI is InChI=1S/C62H46O37/c63-8-21-38(74)47(83)50(86)62(94-21)99-55-46(82)27-17(67)7-16(66)26(53(27)95-51(55)10-1-2-14(64)15(65)3-10)32-31-34-30(44(80)49(85)45(31)81)29-33-28(42(78)48(84)43(29)79)25-13(6-20(70)37(73)41(25)77)58(88)93-22-9-92-57(87)11-4-18(68)35(71)39(75)23(11)24-12(5-19(69)36(72)40(24)76)59(89)96-52(22)56(98-61(33)91)54(32)97-60(34)90/h1-7,21-22,32,38,47,50-52,54-56,62-81,83-86H,8-9H2/t21-,22+,32-,38-,47-,50-,51-,52-,54-,55-,56+,62-/m0/s1. The molecule has 0 spiro atoms. The molecular formula is C62H46O37. The number of fused-ring (bicyclic) bond motifs is 8. The SMILES string of the molecule is O=C1OC[C@H]2OC(=O)c3cc(O)c(O)c(O)c3-c3c(O)c(O)c(O)c4c3C(=O)O[C@H]([C@H]2OC(=O)c2cc(O)c(O)c(O)c2-c2c1cc(O)c(O)c2O)[C@H]1OC(=O)c2c-4c(O)c(O)c(O)c2[C@@H]1c1c(O)cc(O)c2c1O[C@@H](c1ccc(O)c(O)c1)[C@@H](O[C@@H]1O[C@@H](CO)[C@H](O)[C@H](O)[C@@H]1O)C2=O. The molecule has 7 aliphatic rings. The van der Waals surface area contributed by atoms with E-state index in [1.807, 2.05) is 0 Å². The van der Waals surface area contributed by atoms with Gasteiger partial charge in [0.15, 0.2) is 112 Å². The van der Waals surface area contributed by atoms with Crippen LogP contribution in [0.3, 0.4) is 0 Å². The van der Waals surface area contributed by atoms with Gasteiger partial charge in [0.25, 0.3) is 0 Å².